The summed E-state index contributed by atoms with van der Waals surface area (Å²) < 4.78 is 0. The van der Waals surface area contributed by atoms with Crippen LogP contribution in [0.1, 0.15) is 20.7 Å². The molecule has 140 valence electrons. The number of rotatable bonds is 6. The summed E-state index contributed by atoms with van der Waals surface area (Å²) in [5, 5.41) is 8.03. The Morgan fingerprint density at radius 2 is 1.11 bits per heavy atom. The van der Waals surface area contributed by atoms with Gasteiger partial charge in [0.25, 0.3) is 11.8 Å². The van der Waals surface area contributed by atoms with Gasteiger partial charge < -0.3 is 16.0 Å². The summed E-state index contributed by atoms with van der Waals surface area (Å²) in [6.45, 7) is -0.149. The van der Waals surface area contributed by atoms with Gasteiger partial charge in [-0.1, -0.05) is 36.4 Å². The van der Waals surface area contributed by atoms with E-state index in [4.69, 9.17) is 0 Å². The first-order valence-corrected chi connectivity index (χ1v) is 8.71. The van der Waals surface area contributed by atoms with Crippen molar-refractivity contribution in [2.24, 2.45) is 0 Å². The van der Waals surface area contributed by atoms with Crippen LogP contribution in [-0.4, -0.2) is 24.3 Å². The number of benzene rings is 3. The molecule has 6 nitrogen and oxygen atoms in total. The van der Waals surface area contributed by atoms with E-state index in [-0.39, 0.29) is 24.3 Å². The van der Waals surface area contributed by atoms with Gasteiger partial charge in [0.15, 0.2) is 0 Å². The Balaban J connectivity index is 1.50. The molecule has 3 aromatic rings. The van der Waals surface area contributed by atoms with Crippen LogP contribution < -0.4 is 16.0 Å². The van der Waals surface area contributed by atoms with Crippen molar-refractivity contribution in [3.8, 4) is 0 Å². The predicted molar refractivity (Wildman–Crippen MR) is 108 cm³/mol. The molecule has 0 atom stereocenters. The molecule has 0 aliphatic heterocycles. The zero-order chi connectivity index (χ0) is 19.8. The molecule has 0 aliphatic rings. The Morgan fingerprint density at radius 1 is 0.571 bits per heavy atom. The lowest BCUT2D eigenvalue weighted by atomic mass is 10.2. The Bertz CT molecular complexity index is 955. The van der Waals surface area contributed by atoms with Crippen molar-refractivity contribution in [1.82, 2.24) is 5.32 Å². The summed E-state index contributed by atoms with van der Waals surface area (Å²) >= 11 is 0. The number of anilines is 2. The molecule has 6 heteroatoms. The third kappa shape index (κ3) is 5.28. The Kier molecular flexibility index (Phi) is 6.15. The van der Waals surface area contributed by atoms with Gasteiger partial charge in [0.05, 0.1) is 6.54 Å². The molecular weight excluding hydrogens is 354 g/mol. The van der Waals surface area contributed by atoms with E-state index in [9.17, 15) is 14.4 Å². The van der Waals surface area contributed by atoms with Gasteiger partial charge >= 0.3 is 0 Å². The number of hydrogen-bond acceptors (Lipinski definition) is 3. The highest BCUT2D eigenvalue weighted by atomic mass is 16.2. The number of hydrogen-bond donors (Lipinski definition) is 3. The molecule has 0 aliphatic carbocycles. The van der Waals surface area contributed by atoms with E-state index in [2.05, 4.69) is 16.0 Å². The lowest BCUT2D eigenvalue weighted by molar-refractivity contribution is -0.115. The molecular formula is C22H19N3O3. The maximum absolute atomic E-state index is 12.2. The second-order valence-corrected chi connectivity index (χ2v) is 5.99. The van der Waals surface area contributed by atoms with Crippen molar-refractivity contribution < 1.29 is 14.4 Å². The summed E-state index contributed by atoms with van der Waals surface area (Å²) in [6.07, 6.45) is 0. The van der Waals surface area contributed by atoms with E-state index in [0.29, 0.717) is 22.5 Å². The molecule has 0 fully saturated rings. The summed E-state index contributed by atoms with van der Waals surface area (Å²) in [6, 6.07) is 24.3. The van der Waals surface area contributed by atoms with Crippen LogP contribution >= 0.6 is 0 Å². The minimum atomic E-state index is -0.356. The molecule has 3 N–H and O–H groups in total. The van der Waals surface area contributed by atoms with E-state index in [1.54, 1.807) is 60.7 Å². The fourth-order valence-electron chi connectivity index (χ4n) is 2.49. The third-order valence-electron chi connectivity index (χ3n) is 3.91. The Morgan fingerprint density at radius 3 is 1.75 bits per heavy atom. The number of nitrogens with one attached hydrogen (secondary N) is 3. The fraction of sp³-hybridized carbons (Fsp3) is 0.0455. The minimum absolute atomic E-state index is 0.149. The fourth-order valence-corrected chi connectivity index (χ4v) is 2.49. The first-order chi connectivity index (χ1) is 13.6. The van der Waals surface area contributed by atoms with Crippen molar-refractivity contribution in [3.63, 3.8) is 0 Å². The highest BCUT2D eigenvalue weighted by molar-refractivity contribution is 6.05. The van der Waals surface area contributed by atoms with Gasteiger partial charge in [-0.15, -0.1) is 0 Å². The highest BCUT2D eigenvalue weighted by Gasteiger charge is 2.09. The topological polar surface area (TPSA) is 87.3 Å². The Hall–Kier alpha value is -3.93. The van der Waals surface area contributed by atoms with Crippen LogP contribution in [-0.2, 0) is 4.79 Å². The first kappa shape index (κ1) is 18.8. The molecule has 0 bridgehead atoms. The number of para-hydroxylation sites is 1. The average Bonchev–Trinajstić information content (AvgIpc) is 2.74. The molecule has 0 radical (unpaired) electrons. The average molecular weight is 373 g/mol. The van der Waals surface area contributed by atoms with Crippen LogP contribution in [0.4, 0.5) is 11.4 Å². The van der Waals surface area contributed by atoms with Gasteiger partial charge in [-0.25, -0.2) is 0 Å². The molecule has 0 heterocycles. The molecule has 3 amide bonds. The smallest absolute Gasteiger partial charge is 0.255 e. The molecule has 0 spiro atoms. The zero-order valence-electron chi connectivity index (χ0n) is 15.0. The summed E-state index contributed by atoms with van der Waals surface area (Å²) in [5.74, 6) is -0.909. The van der Waals surface area contributed by atoms with Gasteiger partial charge in [-0.3, -0.25) is 14.4 Å². The van der Waals surface area contributed by atoms with Gasteiger partial charge in [0, 0.05) is 22.5 Å². The zero-order valence-corrected chi connectivity index (χ0v) is 15.0. The summed E-state index contributed by atoms with van der Waals surface area (Å²) in [7, 11) is 0. The number of carbonyl (C=O) groups is 3. The molecule has 0 saturated carbocycles. The minimum Gasteiger partial charge on any atom is -0.343 e. The van der Waals surface area contributed by atoms with Crippen LogP contribution in [0, 0.1) is 0 Å². The van der Waals surface area contributed by atoms with Crippen molar-refractivity contribution >= 4 is 29.1 Å². The van der Waals surface area contributed by atoms with Crippen molar-refractivity contribution in [2.45, 2.75) is 0 Å². The van der Waals surface area contributed by atoms with Crippen LogP contribution in [0.15, 0.2) is 84.9 Å². The largest absolute Gasteiger partial charge is 0.343 e. The van der Waals surface area contributed by atoms with Gasteiger partial charge in [-0.2, -0.15) is 0 Å². The van der Waals surface area contributed by atoms with Crippen LogP contribution in [0.25, 0.3) is 0 Å². The Labute approximate surface area is 162 Å². The standard InChI is InChI=1S/C22H19N3O3/c26-20(15-23-21(27)16-7-3-1-4-8-16)24-19-13-11-17(12-14-19)22(28)25-18-9-5-2-6-10-18/h1-14H,15H2,(H,23,27)(H,24,26)(H,25,28). The lowest BCUT2D eigenvalue weighted by Crippen LogP contribution is -2.32. The van der Waals surface area contributed by atoms with E-state index in [0.717, 1.165) is 0 Å². The molecule has 0 aromatic heterocycles. The first-order valence-electron chi connectivity index (χ1n) is 8.71. The lowest BCUT2D eigenvalue weighted by Gasteiger charge is -2.08. The summed E-state index contributed by atoms with van der Waals surface area (Å²) in [5.41, 5.74) is 2.21. The third-order valence-corrected chi connectivity index (χ3v) is 3.91. The highest BCUT2D eigenvalue weighted by Crippen LogP contribution is 2.12. The van der Waals surface area contributed by atoms with Gasteiger partial charge in [0.1, 0.15) is 0 Å². The molecule has 3 rings (SSSR count). The van der Waals surface area contributed by atoms with E-state index < -0.39 is 0 Å². The van der Waals surface area contributed by atoms with Crippen LogP contribution in [0.2, 0.25) is 0 Å². The maximum Gasteiger partial charge on any atom is 0.255 e. The second-order valence-electron chi connectivity index (χ2n) is 5.99. The predicted octanol–water partition coefficient (Wildman–Crippen LogP) is 3.31. The molecule has 0 saturated heterocycles. The maximum atomic E-state index is 12.2. The second kappa shape index (κ2) is 9.14. The number of amides is 3. The van der Waals surface area contributed by atoms with Crippen molar-refractivity contribution in [1.29, 1.82) is 0 Å². The molecule has 3 aromatic carbocycles. The van der Waals surface area contributed by atoms with E-state index in [1.165, 1.54) is 0 Å². The van der Waals surface area contributed by atoms with E-state index >= 15 is 0 Å². The van der Waals surface area contributed by atoms with Gasteiger partial charge in [0.2, 0.25) is 5.91 Å². The summed E-state index contributed by atoms with van der Waals surface area (Å²) in [4.78, 5) is 36.2. The quantitative estimate of drug-likeness (QED) is 0.619. The van der Waals surface area contributed by atoms with Gasteiger partial charge in [-0.05, 0) is 48.5 Å². The molecule has 28 heavy (non-hydrogen) atoms. The van der Waals surface area contributed by atoms with E-state index in [1.807, 2.05) is 24.3 Å². The van der Waals surface area contributed by atoms with Crippen molar-refractivity contribution in [2.75, 3.05) is 17.2 Å². The SMILES string of the molecule is O=C(CNC(=O)c1ccccc1)Nc1ccc(C(=O)Nc2ccccc2)cc1. The van der Waals surface area contributed by atoms with Crippen LogP contribution in [0.3, 0.4) is 0 Å². The monoisotopic (exact) mass is 373 g/mol. The normalized spacial score (nSPS) is 10.0. The van der Waals surface area contributed by atoms with Crippen LogP contribution in [0.5, 0.6) is 0 Å². The number of carbonyl (C=O) groups excluding carboxylic acids is 3. The molecule has 0 unspecified atom stereocenters. The van der Waals surface area contributed by atoms with Crippen molar-refractivity contribution in [3.05, 3.63) is 96.1 Å².